The van der Waals surface area contributed by atoms with Crippen LogP contribution in [0.2, 0.25) is 0 Å². The molecule has 1 aliphatic heterocycles. The predicted molar refractivity (Wildman–Crippen MR) is 55.2 cm³/mol. The molecule has 0 unspecified atom stereocenters. The van der Waals surface area contributed by atoms with Crippen molar-refractivity contribution in [3.63, 3.8) is 0 Å². The van der Waals surface area contributed by atoms with Gasteiger partial charge in [-0.1, -0.05) is 6.92 Å². The van der Waals surface area contributed by atoms with Crippen molar-refractivity contribution in [2.24, 2.45) is 5.92 Å². The van der Waals surface area contributed by atoms with Crippen LogP contribution in [0.1, 0.15) is 19.8 Å². The van der Waals surface area contributed by atoms with E-state index in [1.54, 1.807) is 4.90 Å². The lowest BCUT2D eigenvalue weighted by Crippen LogP contribution is -2.40. The first kappa shape index (κ1) is 11.3. The fourth-order valence-electron chi connectivity index (χ4n) is 1.80. The number of carbonyl (C=O) groups is 1. The highest BCUT2D eigenvalue weighted by molar-refractivity contribution is 5.67. The van der Waals surface area contributed by atoms with Crippen LogP contribution >= 0.6 is 0 Å². The van der Waals surface area contributed by atoms with Gasteiger partial charge in [0.15, 0.2) is 0 Å². The van der Waals surface area contributed by atoms with Gasteiger partial charge in [0.2, 0.25) is 0 Å². The Balaban J connectivity index is 2.20. The number of likely N-dealkylation sites (tertiary alicyclic amines) is 1. The molecule has 14 heavy (non-hydrogen) atoms. The van der Waals surface area contributed by atoms with E-state index in [1.165, 1.54) is 7.11 Å². The van der Waals surface area contributed by atoms with Crippen LogP contribution < -0.4 is 5.32 Å². The fourth-order valence-corrected chi connectivity index (χ4v) is 1.80. The van der Waals surface area contributed by atoms with Crippen LogP contribution in [-0.2, 0) is 4.74 Å². The maximum atomic E-state index is 11.2. The summed E-state index contributed by atoms with van der Waals surface area (Å²) in [5.74, 6) is 0.718. The zero-order chi connectivity index (χ0) is 10.4. The fraction of sp³-hybridized carbons (Fsp3) is 0.900. The third kappa shape index (κ3) is 3.18. The highest BCUT2D eigenvalue weighted by Gasteiger charge is 2.22. The summed E-state index contributed by atoms with van der Waals surface area (Å²) in [5, 5.41) is 3.34. The molecule has 0 aromatic heterocycles. The highest BCUT2D eigenvalue weighted by Crippen LogP contribution is 2.16. The first-order valence-corrected chi connectivity index (χ1v) is 5.31. The van der Waals surface area contributed by atoms with Gasteiger partial charge in [0, 0.05) is 13.1 Å². The van der Waals surface area contributed by atoms with Gasteiger partial charge in [0.1, 0.15) is 0 Å². The molecule has 0 radical (unpaired) electrons. The van der Waals surface area contributed by atoms with Gasteiger partial charge >= 0.3 is 6.09 Å². The average molecular weight is 200 g/mol. The Kier molecular flexibility index (Phi) is 4.73. The Hall–Kier alpha value is -0.770. The maximum Gasteiger partial charge on any atom is 0.409 e. The molecular weight excluding hydrogens is 180 g/mol. The van der Waals surface area contributed by atoms with Crippen molar-refractivity contribution >= 4 is 6.09 Å². The van der Waals surface area contributed by atoms with Crippen LogP contribution in [0.3, 0.4) is 0 Å². The number of hydrogen-bond acceptors (Lipinski definition) is 3. The van der Waals surface area contributed by atoms with E-state index in [0.717, 1.165) is 44.9 Å². The molecule has 4 heteroatoms. The molecule has 0 aliphatic carbocycles. The van der Waals surface area contributed by atoms with Gasteiger partial charge in [-0.2, -0.15) is 0 Å². The average Bonchev–Trinajstić information content (AvgIpc) is 2.26. The third-order valence-electron chi connectivity index (χ3n) is 2.73. The number of rotatable bonds is 3. The zero-order valence-corrected chi connectivity index (χ0v) is 9.08. The van der Waals surface area contributed by atoms with E-state index in [2.05, 4.69) is 17.0 Å². The number of ether oxygens (including phenoxy) is 1. The van der Waals surface area contributed by atoms with Crippen LogP contribution in [0, 0.1) is 5.92 Å². The molecule has 82 valence electrons. The van der Waals surface area contributed by atoms with Crippen LogP contribution in [0.15, 0.2) is 0 Å². The molecule has 0 spiro atoms. The Bertz CT molecular complexity index is 177. The van der Waals surface area contributed by atoms with Gasteiger partial charge in [-0.3, -0.25) is 0 Å². The molecule has 0 saturated carbocycles. The second kappa shape index (κ2) is 5.86. The van der Waals surface area contributed by atoms with Crippen LogP contribution in [0.5, 0.6) is 0 Å². The number of carbonyl (C=O) groups excluding carboxylic acids is 1. The summed E-state index contributed by atoms with van der Waals surface area (Å²) in [4.78, 5) is 13.0. The third-order valence-corrected chi connectivity index (χ3v) is 2.73. The number of nitrogens with zero attached hydrogens (tertiary/aromatic N) is 1. The first-order valence-electron chi connectivity index (χ1n) is 5.31. The standard InChI is InChI=1S/C10H20N2O2/c1-3-11-8-9-4-6-12(7-5-9)10(13)14-2/h9,11H,3-8H2,1-2H3. The van der Waals surface area contributed by atoms with Gasteiger partial charge in [0.05, 0.1) is 7.11 Å². The summed E-state index contributed by atoms with van der Waals surface area (Å²) in [6.07, 6.45) is 1.98. The van der Waals surface area contributed by atoms with Crippen LogP contribution in [0.25, 0.3) is 0 Å². The van der Waals surface area contributed by atoms with Crippen molar-refractivity contribution in [3.05, 3.63) is 0 Å². The molecule has 1 saturated heterocycles. The summed E-state index contributed by atoms with van der Waals surface area (Å²) in [5.41, 5.74) is 0. The highest BCUT2D eigenvalue weighted by atomic mass is 16.5. The van der Waals surface area contributed by atoms with Crippen molar-refractivity contribution in [2.75, 3.05) is 33.3 Å². The molecule has 1 heterocycles. The molecule has 0 aromatic carbocycles. The Labute approximate surface area is 85.6 Å². The number of amides is 1. The summed E-state index contributed by atoms with van der Waals surface area (Å²) >= 11 is 0. The topological polar surface area (TPSA) is 41.6 Å². The van der Waals surface area contributed by atoms with Crippen molar-refractivity contribution in [3.8, 4) is 0 Å². The number of piperidine rings is 1. The minimum absolute atomic E-state index is 0.188. The number of methoxy groups -OCH3 is 1. The van der Waals surface area contributed by atoms with Gasteiger partial charge in [-0.15, -0.1) is 0 Å². The van der Waals surface area contributed by atoms with E-state index in [1.807, 2.05) is 0 Å². The maximum absolute atomic E-state index is 11.2. The molecule has 1 amide bonds. The molecule has 4 nitrogen and oxygen atoms in total. The van der Waals surface area contributed by atoms with Gasteiger partial charge in [-0.05, 0) is 31.8 Å². The minimum atomic E-state index is -0.188. The molecule has 0 atom stereocenters. The molecule has 1 aliphatic rings. The van der Waals surface area contributed by atoms with Crippen molar-refractivity contribution in [2.45, 2.75) is 19.8 Å². The Morgan fingerprint density at radius 2 is 2.14 bits per heavy atom. The first-order chi connectivity index (χ1) is 6.77. The summed E-state index contributed by atoms with van der Waals surface area (Å²) in [7, 11) is 1.44. The SMILES string of the molecule is CCNCC1CCN(C(=O)OC)CC1. The molecule has 0 aromatic rings. The molecular formula is C10H20N2O2. The molecule has 1 N–H and O–H groups in total. The molecule has 1 fully saturated rings. The van der Waals surface area contributed by atoms with Gasteiger partial charge in [-0.25, -0.2) is 4.79 Å². The monoisotopic (exact) mass is 200 g/mol. The number of hydrogen-bond donors (Lipinski definition) is 1. The quantitative estimate of drug-likeness (QED) is 0.741. The molecule has 1 rings (SSSR count). The lowest BCUT2D eigenvalue weighted by atomic mass is 9.97. The van der Waals surface area contributed by atoms with E-state index in [4.69, 9.17) is 0 Å². The van der Waals surface area contributed by atoms with Gasteiger partial charge in [0.25, 0.3) is 0 Å². The molecule has 0 bridgehead atoms. The largest absolute Gasteiger partial charge is 0.453 e. The van der Waals surface area contributed by atoms with E-state index in [9.17, 15) is 4.79 Å². The van der Waals surface area contributed by atoms with E-state index < -0.39 is 0 Å². The number of nitrogens with one attached hydrogen (secondary N) is 1. The van der Waals surface area contributed by atoms with Gasteiger partial charge < -0.3 is 15.0 Å². The van der Waals surface area contributed by atoms with Crippen molar-refractivity contribution in [1.29, 1.82) is 0 Å². The van der Waals surface area contributed by atoms with E-state index in [0.29, 0.717) is 0 Å². The van der Waals surface area contributed by atoms with E-state index >= 15 is 0 Å². The smallest absolute Gasteiger partial charge is 0.409 e. The summed E-state index contributed by atoms with van der Waals surface area (Å²) in [6, 6.07) is 0. The normalized spacial score (nSPS) is 18.3. The predicted octanol–water partition coefficient (Wildman–Crippen LogP) is 1.07. The zero-order valence-electron chi connectivity index (χ0n) is 9.08. The lowest BCUT2D eigenvalue weighted by molar-refractivity contribution is 0.106. The second-order valence-corrected chi connectivity index (χ2v) is 3.71. The minimum Gasteiger partial charge on any atom is -0.453 e. The lowest BCUT2D eigenvalue weighted by Gasteiger charge is -2.30. The summed E-state index contributed by atoms with van der Waals surface area (Å²) < 4.78 is 4.68. The van der Waals surface area contributed by atoms with E-state index in [-0.39, 0.29) is 6.09 Å². The Morgan fingerprint density at radius 3 is 2.64 bits per heavy atom. The summed E-state index contributed by atoms with van der Waals surface area (Å²) in [6.45, 7) is 5.89. The van der Waals surface area contributed by atoms with Crippen LogP contribution in [0.4, 0.5) is 4.79 Å². The van der Waals surface area contributed by atoms with Crippen molar-refractivity contribution in [1.82, 2.24) is 10.2 Å². The Morgan fingerprint density at radius 1 is 1.50 bits per heavy atom. The second-order valence-electron chi connectivity index (χ2n) is 3.71. The van der Waals surface area contributed by atoms with Crippen molar-refractivity contribution < 1.29 is 9.53 Å². The van der Waals surface area contributed by atoms with Crippen LogP contribution in [-0.4, -0.2) is 44.3 Å².